The number of hydrogen-bond acceptors (Lipinski definition) is 3. The number of alkyl halides is 3. The van der Waals surface area contributed by atoms with E-state index in [0.717, 1.165) is 16.7 Å². The lowest BCUT2D eigenvalue weighted by molar-refractivity contribution is -0.144. The van der Waals surface area contributed by atoms with Crippen molar-refractivity contribution in [3.05, 3.63) is 35.4 Å². The summed E-state index contributed by atoms with van der Waals surface area (Å²) in [5.41, 5.74) is -1.52. The van der Waals surface area contributed by atoms with E-state index in [4.69, 9.17) is 0 Å². The lowest BCUT2D eigenvalue weighted by Gasteiger charge is -2.21. The van der Waals surface area contributed by atoms with Gasteiger partial charge in [0, 0.05) is 12.2 Å². The fraction of sp³-hybridized carbons (Fsp3) is 0.467. The van der Waals surface area contributed by atoms with E-state index < -0.39 is 17.2 Å². The molecule has 2 saturated heterocycles. The normalized spacial score (nSPS) is 25.5. The maximum absolute atomic E-state index is 13.0. The molecule has 0 bridgehead atoms. The number of carbonyl (C=O) groups is 2. The van der Waals surface area contributed by atoms with Crippen LogP contribution >= 0.6 is 11.8 Å². The fourth-order valence-electron chi connectivity index (χ4n) is 3.04. The van der Waals surface area contributed by atoms with Crippen LogP contribution in [0, 0.1) is 5.41 Å². The number of imide groups is 1. The molecule has 0 aliphatic carbocycles. The van der Waals surface area contributed by atoms with Crippen molar-refractivity contribution in [1.29, 1.82) is 0 Å². The summed E-state index contributed by atoms with van der Waals surface area (Å²) in [6.45, 7) is -0.306. The molecule has 3 nitrogen and oxygen atoms in total. The number of thioether (sulfide) groups is 1. The van der Waals surface area contributed by atoms with Crippen LogP contribution in [0.5, 0.6) is 0 Å². The van der Waals surface area contributed by atoms with Crippen LogP contribution in [0.4, 0.5) is 13.2 Å². The molecule has 0 aromatic heterocycles. The maximum Gasteiger partial charge on any atom is 0.416 e. The van der Waals surface area contributed by atoms with Gasteiger partial charge in [-0.1, -0.05) is 18.2 Å². The minimum Gasteiger partial charge on any atom is -0.278 e. The van der Waals surface area contributed by atoms with Gasteiger partial charge in [-0.3, -0.25) is 14.5 Å². The predicted molar refractivity (Wildman–Crippen MR) is 76.0 cm³/mol. The summed E-state index contributed by atoms with van der Waals surface area (Å²) in [6.07, 6.45) is -3.75. The first-order chi connectivity index (χ1) is 10.3. The molecule has 2 aliphatic heterocycles. The third-order valence-electron chi connectivity index (χ3n) is 4.24. The monoisotopic (exact) mass is 329 g/mol. The summed E-state index contributed by atoms with van der Waals surface area (Å²) in [4.78, 5) is 25.6. The quantitative estimate of drug-likeness (QED) is 0.783. The van der Waals surface area contributed by atoms with Gasteiger partial charge in [0.25, 0.3) is 0 Å². The molecule has 0 N–H and O–H groups in total. The highest BCUT2D eigenvalue weighted by molar-refractivity contribution is 7.99. The van der Waals surface area contributed by atoms with E-state index in [9.17, 15) is 22.8 Å². The van der Waals surface area contributed by atoms with Crippen LogP contribution in [0.3, 0.4) is 0 Å². The zero-order valence-electron chi connectivity index (χ0n) is 11.7. The van der Waals surface area contributed by atoms with Crippen molar-refractivity contribution in [2.24, 2.45) is 5.41 Å². The molecule has 0 unspecified atom stereocenters. The number of benzene rings is 1. The predicted octanol–water partition coefficient (Wildman–Crippen LogP) is 3.09. The molecule has 0 radical (unpaired) electrons. The zero-order valence-corrected chi connectivity index (χ0v) is 12.5. The average Bonchev–Trinajstić information content (AvgIpc) is 3.00. The van der Waals surface area contributed by atoms with Gasteiger partial charge in [-0.05, 0) is 23.8 Å². The first kappa shape index (κ1) is 15.4. The Balaban J connectivity index is 1.88. The van der Waals surface area contributed by atoms with Crippen molar-refractivity contribution in [1.82, 2.24) is 4.90 Å². The Morgan fingerprint density at radius 1 is 1.23 bits per heavy atom. The molecule has 1 aromatic rings. The number of likely N-dealkylation sites (tertiary alicyclic amines) is 1. The number of rotatable bonds is 2. The molecule has 1 atom stereocenters. The number of carbonyl (C=O) groups excluding carboxylic acids is 2. The second-order valence-electron chi connectivity index (χ2n) is 5.70. The second kappa shape index (κ2) is 5.30. The van der Waals surface area contributed by atoms with Crippen molar-refractivity contribution in [2.45, 2.75) is 25.6 Å². The van der Waals surface area contributed by atoms with E-state index >= 15 is 0 Å². The molecule has 2 heterocycles. The molecule has 0 saturated carbocycles. The van der Waals surface area contributed by atoms with Gasteiger partial charge in [0.05, 0.1) is 17.5 Å². The van der Waals surface area contributed by atoms with Crippen LogP contribution in [-0.4, -0.2) is 28.2 Å². The maximum atomic E-state index is 13.0. The summed E-state index contributed by atoms with van der Waals surface area (Å²) in [5.74, 6) is 0.699. The zero-order chi connectivity index (χ0) is 16.0. The average molecular weight is 329 g/mol. The highest BCUT2D eigenvalue weighted by atomic mass is 32.2. The molecule has 1 aromatic carbocycles. The Bertz CT molecular complexity index is 623. The van der Waals surface area contributed by atoms with Gasteiger partial charge in [-0.25, -0.2) is 0 Å². The Morgan fingerprint density at radius 2 is 1.95 bits per heavy atom. The van der Waals surface area contributed by atoms with Gasteiger partial charge >= 0.3 is 6.18 Å². The van der Waals surface area contributed by atoms with Crippen molar-refractivity contribution in [3.63, 3.8) is 0 Å². The molecule has 2 amide bonds. The number of nitrogens with zero attached hydrogens (tertiary/aromatic N) is 1. The number of halogens is 3. The van der Waals surface area contributed by atoms with Gasteiger partial charge < -0.3 is 0 Å². The lowest BCUT2D eigenvalue weighted by atomic mass is 9.86. The van der Waals surface area contributed by atoms with Crippen molar-refractivity contribution in [2.75, 3.05) is 11.5 Å². The fourth-order valence-corrected chi connectivity index (χ4v) is 4.48. The van der Waals surface area contributed by atoms with Crippen LogP contribution in [0.2, 0.25) is 0 Å². The molecule has 2 aliphatic rings. The largest absolute Gasteiger partial charge is 0.416 e. The molecule has 1 spiro atoms. The second-order valence-corrected chi connectivity index (χ2v) is 6.80. The van der Waals surface area contributed by atoms with E-state index in [2.05, 4.69) is 0 Å². The standard InChI is InChI=1S/C15H14F3NO2S/c16-15(17,18)11-4-2-1-3-10(11)8-19-12(20)7-14(13(19)21)5-6-22-9-14/h1-4H,5-9H2/t14-/m1/s1. The van der Waals surface area contributed by atoms with Crippen molar-refractivity contribution < 1.29 is 22.8 Å². The SMILES string of the molecule is O=C1C[C@@]2(CCSC2)C(=O)N1Cc1ccccc1C(F)(F)F. The van der Waals surface area contributed by atoms with Crippen LogP contribution in [0.1, 0.15) is 24.0 Å². The minimum absolute atomic E-state index is 0.0422. The number of hydrogen-bond donors (Lipinski definition) is 0. The molecule has 3 rings (SSSR count). The van der Waals surface area contributed by atoms with Gasteiger partial charge in [0.1, 0.15) is 0 Å². The molecular weight excluding hydrogens is 315 g/mol. The first-order valence-electron chi connectivity index (χ1n) is 6.91. The lowest BCUT2D eigenvalue weighted by Crippen LogP contribution is -2.35. The molecule has 7 heteroatoms. The number of amides is 2. The smallest absolute Gasteiger partial charge is 0.278 e. The van der Waals surface area contributed by atoms with E-state index in [0.29, 0.717) is 12.2 Å². The first-order valence-corrected chi connectivity index (χ1v) is 8.07. The Labute approximate surface area is 129 Å². The summed E-state index contributed by atoms with van der Waals surface area (Å²) in [7, 11) is 0. The van der Waals surface area contributed by atoms with Gasteiger partial charge in [-0.2, -0.15) is 24.9 Å². The summed E-state index contributed by atoms with van der Waals surface area (Å²) in [6, 6.07) is 5.07. The third-order valence-corrected chi connectivity index (χ3v) is 5.49. The van der Waals surface area contributed by atoms with Crippen LogP contribution in [-0.2, 0) is 22.3 Å². The Morgan fingerprint density at radius 3 is 2.59 bits per heavy atom. The molecular formula is C15H14F3NO2S. The molecule has 118 valence electrons. The Kier molecular flexibility index (Phi) is 3.71. The van der Waals surface area contributed by atoms with E-state index in [-0.39, 0.29) is 30.3 Å². The van der Waals surface area contributed by atoms with Crippen LogP contribution in [0.15, 0.2) is 24.3 Å². The summed E-state index contributed by atoms with van der Waals surface area (Å²) >= 11 is 1.61. The highest BCUT2D eigenvalue weighted by Gasteiger charge is 2.53. The van der Waals surface area contributed by atoms with Crippen LogP contribution in [0.25, 0.3) is 0 Å². The summed E-state index contributed by atoms with van der Waals surface area (Å²) < 4.78 is 39.1. The van der Waals surface area contributed by atoms with E-state index in [1.165, 1.54) is 18.2 Å². The minimum atomic E-state index is -4.50. The Hall–Kier alpha value is -1.50. The summed E-state index contributed by atoms with van der Waals surface area (Å²) in [5, 5.41) is 0. The van der Waals surface area contributed by atoms with Crippen molar-refractivity contribution in [3.8, 4) is 0 Å². The topological polar surface area (TPSA) is 37.4 Å². The van der Waals surface area contributed by atoms with E-state index in [1.807, 2.05) is 0 Å². The van der Waals surface area contributed by atoms with Gasteiger partial charge in [-0.15, -0.1) is 0 Å². The van der Waals surface area contributed by atoms with Gasteiger partial charge in [0.15, 0.2) is 0 Å². The molecule has 2 fully saturated rings. The van der Waals surface area contributed by atoms with E-state index in [1.54, 1.807) is 11.8 Å². The van der Waals surface area contributed by atoms with Gasteiger partial charge in [0.2, 0.25) is 11.8 Å². The van der Waals surface area contributed by atoms with Crippen LogP contribution < -0.4 is 0 Å². The highest BCUT2D eigenvalue weighted by Crippen LogP contribution is 2.45. The molecule has 22 heavy (non-hydrogen) atoms. The third kappa shape index (κ3) is 2.51. The van der Waals surface area contributed by atoms with Crippen molar-refractivity contribution >= 4 is 23.6 Å².